The number of carbonyl (C=O) groups is 2. The number of carbonyl (C=O) groups excluding carboxylic acids is 2. The summed E-state index contributed by atoms with van der Waals surface area (Å²) in [5, 5.41) is 12.1. The van der Waals surface area contributed by atoms with E-state index >= 15 is 0 Å². The number of amides is 2. The minimum absolute atomic E-state index is 0.0853. The van der Waals surface area contributed by atoms with E-state index in [-0.39, 0.29) is 17.6 Å². The monoisotopic (exact) mass is 374 g/mol. The molecule has 3 aromatic rings. The molecule has 0 saturated heterocycles. The number of benzene rings is 3. The molecule has 0 saturated carbocycles. The normalized spacial score (nSPS) is 12.5. The summed E-state index contributed by atoms with van der Waals surface area (Å²) < 4.78 is 5.98. The molecule has 3 aromatic carbocycles. The molecule has 2 N–H and O–H groups in total. The maximum Gasteiger partial charge on any atom is 0.261 e. The van der Waals surface area contributed by atoms with Crippen LogP contribution in [0.15, 0.2) is 60.7 Å². The van der Waals surface area contributed by atoms with Crippen LogP contribution in [0, 0.1) is 6.92 Å². The van der Waals surface area contributed by atoms with Gasteiger partial charge < -0.3 is 20.1 Å². The maximum atomic E-state index is 12.9. The zero-order chi connectivity index (χ0) is 19.8. The minimum atomic E-state index is -0.339. The van der Waals surface area contributed by atoms with Gasteiger partial charge in [0.2, 0.25) is 0 Å². The van der Waals surface area contributed by atoms with Crippen molar-refractivity contribution in [2.24, 2.45) is 0 Å². The largest absolute Gasteiger partial charge is 0.508 e. The van der Waals surface area contributed by atoms with Gasteiger partial charge in [-0.1, -0.05) is 6.07 Å². The summed E-state index contributed by atoms with van der Waals surface area (Å²) in [5.74, 6) is 0.564. The van der Waals surface area contributed by atoms with Crippen molar-refractivity contribution < 1.29 is 19.4 Å². The predicted molar refractivity (Wildman–Crippen MR) is 106 cm³/mol. The van der Waals surface area contributed by atoms with Gasteiger partial charge in [-0.25, -0.2) is 0 Å². The first-order chi connectivity index (χ1) is 13.4. The van der Waals surface area contributed by atoms with Gasteiger partial charge in [-0.3, -0.25) is 9.59 Å². The number of aromatic hydroxyl groups is 1. The van der Waals surface area contributed by atoms with Gasteiger partial charge in [0.1, 0.15) is 11.5 Å². The Kier molecular flexibility index (Phi) is 4.24. The van der Waals surface area contributed by atoms with Gasteiger partial charge in [0.25, 0.3) is 11.8 Å². The van der Waals surface area contributed by atoms with Crippen LogP contribution in [0.25, 0.3) is 0 Å². The molecule has 1 aliphatic rings. The molecule has 4 rings (SSSR count). The van der Waals surface area contributed by atoms with Gasteiger partial charge in [-0.2, -0.15) is 0 Å². The van der Waals surface area contributed by atoms with Gasteiger partial charge in [0.05, 0.1) is 11.3 Å². The summed E-state index contributed by atoms with van der Waals surface area (Å²) in [4.78, 5) is 26.9. The summed E-state index contributed by atoms with van der Waals surface area (Å²) in [6.45, 7) is 1.96. The first-order valence-corrected chi connectivity index (χ1v) is 8.73. The van der Waals surface area contributed by atoms with Crippen LogP contribution >= 0.6 is 0 Å². The van der Waals surface area contributed by atoms with Gasteiger partial charge in [0, 0.05) is 18.3 Å². The van der Waals surface area contributed by atoms with E-state index in [0.29, 0.717) is 34.0 Å². The van der Waals surface area contributed by atoms with Crippen molar-refractivity contribution in [1.29, 1.82) is 0 Å². The molecule has 0 bridgehead atoms. The van der Waals surface area contributed by atoms with E-state index in [2.05, 4.69) is 5.32 Å². The Morgan fingerprint density at radius 3 is 2.50 bits per heavy atom. The Morgan fingerprint density at radius 1 is 1.00 bits per heavy atom. The predicted octanol–water partition coefficient (Wildman–Crippen LogP) is 4.34. The lowest BCUT2D eigenvalue weighted by Gasteiger charge is -2.16. The Morgan fingerprint density at radius 2 is 1.75 bits per heavy atom. The number of fused-ring (bicyclic) bond motifs is 2. The fourth-order valence-electron chi connectivity index (χ4n) is 3.07. The van der Waals surface area contributed by atoms with Crippen LogP contribution in [-0.2, 0) is 0 Å². The average Bonchev–Trinajstić information content (AvgIpc) is 2.77. The summed E-state index contributed by atoms with van der Waals surface area (Å²) in [7, 11) is 1.69. The lowest BCUT2D eigenvalue weighted by molar-refractivity contribution is 0.0990. The molecule has 2 amide bonds. The van der Waals surface area contributed by atoms with E-state index in [1.807, 2.05) is 25.1 Å². The number of anilines is 2. The van der Waals surface area contributed by atoms with Crippen molar-refractivity contribution in [2.75, 3.05) is 17.3 Å². The smallest absolute Gasteiger partial charge is 0.261 e. The molecular formula is C22H18N2O4. The standard InChI is InChI=1S/C22H18N2O4/c1-13-3-9-18-20(11-13)28-19-10-6-15(12-17(19)22(27)24(18)2)23-21(26)14-4-7-16(25)8-5-14/h3-12,25H,1-2H3,(H,23,26). The Labute approximate surface area is 162 Å². The number of hydrogen-bond acceptors (Lipinski definition) is 4. The number of hydrogen-bond donors (Lipinski definition) is 2. The van der Waals surface area contributed by atoms with E-state index < -0.39 is 0 Å². The minimum Gasteiger partial charge on any atom is -0.508 e. The van der Waals surface area contributed by atoms with Crippen LogP contribution in [0.2, 0.25) is 0 Å². The van der Waals surface area contributed by atoms with E-state index in [9.17, 15) is 14.7 Å². The van der Waals surface area contributed by atoms with Crippen molar-refractivity contribution in [1.82, 2.24) is 0 Å². The van der Waals surface area contributed by atoms with Crippen molar-refractivity contribution in [3.8, 4) is 17.2 Å². The summed E-state index contributed by atoms with van der Waals surface area (Å²) in [5.41, 5.74) is 2.95. The van der Waals surface area contributed by atoms with Gasteiger partial charge in [0.15, 0.2) is 5.75 Å². The molecule has 0 spiro atoms. The number of nitrogens with one attached hydrogen (secondary N) is 1. The van der Waals surface area contributed by atoms with E-state index in [1.165, 1.54) is 29.2 Å². The highest BCUT2D eigenvalue weighted by atomic mass is 16.5. The molecule has 1 heterocycles. The summed E-state index contributed by atoms with van der Waals surface area (Å²) in [6, 6.07) is 16.5. The maximum absolute atomic E-state index is 12.9. The van der Waals surface area contributed by atoms with E-state index in [4.69, 9.17) is 4.74 Å². The lowest BCUT2D eigenvalue weighted by atomic mass is 10.1. The SMILES string of the molecule is Cc1ccc2c(c1)Oc1ccc(NC(=O)c3ccc(O)cc3)cc1C(=O)N2C. The first kappa shape index (κ1) is 17.6. The quantitative estimate of drug-likeness (QED) is 0.700. The molecule has 6 heteroatoms. The Balaban J connectivity index is 1.66. The second kappa shape index (κ2) is 6.74. The molecule has 0 aliphatic carbocycles. The fourth-order valence-corrected chi connectivity index (χ4v) is 3.07. The van der Waals surface area contributed by atoms with Crippen LogP contribution in [0.5, 0.6) is 17.2 Å². The number of phenols is 1. The van der Waals surface area contributed by atoms with Gasteiger partial charge in [-0.15, -0.1) is 0 Å². The van der Waals surface area contributed by atoms with E-state index in [1.54, 1.807) is 25.2 Å². The van der Waals surface area contributed by atoms with Crippen molar-refractivity contribution in [3.05, 3.63) is 77.4 Å². The molecule has 140 valence electrons. The number of phenolic OH excluding ortho intramolecular Hbond substituents is 1. The number of nitrogens with zero attached hydrogens (tertiary/aromatic N) is 1. The van der Waals surface area contributed by atoms with Crippen molar-refractivity contribution >= 4 is 23.2 Å². The second-order valence-electron chi connectivity index (χ2n) is 6.65. The van der Waals surface area contributed by atoms with Crippen LogP contribution < -0.4 is 15.0 Å². The van der Waals surface area contributed by atoms with Crippen LogP contribution in [-0.4, -0.2) is 24.0 Å². The highest BCUT2D eigenvalue weighted by Crippen LogP contribution is 2.39. The molecule has 1 aliphatic heterocycles. The summed E-state index contributed by atoms with van der Waals surface area (Å²) >= 11 is 0. The third-order valence-corrected chi connectivity index (χ3v) is 4.60. The zero-order valence-corrected chi connectivity index (χ0v) is 15.4. The number of ether oxygens (including phenoxy) is 1. The molecule has 0 atom stereocenters. The van der Waals surface area contributed by atoms with Crippen LogP contribution in [0.4, 0.5) is 11.4 Å². The van der Waals surface area contributed by atoms with Gasteiger partial charge >= 0.3 is 0 Å². The molecule has 28 heavy (non-hydrogen) atoms. The third kappa shape index (κ3) is 3.16. The highest BCUT2D eigenvalue weighted by Gasteiger charge is 2.26. The Hall–Kier alpha value is -3.80. The molecule has 6 nitrogen and oxygen atoms in total. The average molecular weight is 374 g/mol. The first-order valence-electron chi connectivity index (χ1n) is 8.73. The van der Waals surface area contributed by atoms with E-state index in [0.717, 1.165) is 5.56 Å². The number of rotatable bonds is 2. The zero-order valence-electron chi connectivity index (χ0n) is 15.4. The third-order valence-electron chi connectivity index (χ3n) is 4.60. The molecule has 0 aromatic heterocycles. The second-order valence-corrected chi connectivity index (χ2v) is 6.65. The Bertz CT molecular complexity index is 1090. The van der Waals surface area contributed by atoms with Gasteiger partial charge in [-0.05, 0) is 67.1 Å². The molecule has 0 unspecified atom stereocenters. The van der Waals surface area contributed by atoms with Crippen molar-refractivity contribution in [2.45, 2.75) is 6.92 Å². The topological polar surface area (TPSA) is 78.9 Å². The van der Waals surface area contributed by atoms with Crippen LogP contribution in [0.1, 0.15) is 26.3 Å². The molecular weight excluding hydrogens is 356 g/mol. The van der Waals surface area contributed by atoms with Crippen LogP contribution in [0.3, 0.4) is 0 Å². The fraction of sp³-hybridized carbons (Fsp3) is 0.0909. The summed E-state index contributed by atoms with van der Waals surface area (Å²) in [6.07, 6.45) is 0. The highest BCUT2D eigenvalue weighted by molar-refractivity contribution is 6.11. The lowest BCUT2D eigenvalue weighted by Crippen LogP contribution is -2.25. The molecule has 0 radical (unpaired) electrons. The molecule has 0 fully saturated rings. The number of aryl methyl sites for hydroxylation is 1. The van der Waals surface area contributed by atoms with Crippen molar-refractivity contribution in [3.63, 3.8) is 0 Å².